The molecule has 1 amide bonds. The summed E-state index contributed by atoms with van der Waals surface area (Å²) in [7, 11) is -3.13. The number of aromatic nitrogens is 1. The van der Waals surface area contributed by atoms with Crippen molar-refractivity contribution >= 4 is 21.8 Å². The van der Waals surface area contributed by atoms with E-state index in [1.54, 1.807) is 11.1 Å². The number of rotatable bonds is 6. The largest absolute Gasteiger partial charge is 0.477 e. The van der Waals surface area contributed by atoms with Gasteiger partial charge in [-0.2, -0.15) is 4.31 Å². The molecule has 2 aliphatic heterocycles. The van der Waals surface area contributed by atoms with Gasteiger partial charge in [0.15, 0.2) is 0 Å². The summed E-state index contributed by atoms with van der Waals surface area (Å²) in [6, 6.07) is 3.83. The molecule has 3 fully saturated rings. The van der Waals surface area contributed by atoms with E-state index in [4.69, 9.17) is 9.47 Å². The lowest BCUT2D eigenvalue weighted by molar-refractivity contribution is 0.0454. The number of piperazine rings is 1. The third kappa shape index (κ3) is 5.79. The fraction of sp³-hybridized carbons (Fsp3) is 0.714. The number of pyridine rings is 1. The third-order valence-electron chi connectivity index (χ3n) is 6.42. The van der Waals surface area contributed by atoms with E-state index in [0.29, 0.717) is 57.7 Å². The van der Waals surface area contributed by atoms with Gasteiger partial charge in [0.2, 0.25) is 15.9 Å². The van der Waals surface area contributed by atoms with Gasteiger partial charge in [-0.3, -0.25) is 0 Å². The Balaban J connectivity index is 1.19. The van der Waals surface area contributed by atoms with Crippen LogP contribution < -0.4 is 9.64 Å². The Bertz CT molecular complexity index is 872. The molecule has 3 aliphatic rings. The Morgan fingerprint density at radius 3 is 2.35 bits per heavy atom. The third-order valence-corrected chi connectivity index (χ3v) is 7.72. The predicted molar refractivity (Wildman–Crippen MR) is 117 cm³/mol. The molecule has 2 saturated heterocycles. The van der Waals surface area contributed by atoms with Crippen LogP contribution in [0.15, 0.2) is 18.3 Å². The highest BCUT2D eigenvalue weighted by Crippen LogP contribution is 2.39. The zero-order valence-electron chi connectivity index (χ0n) is 18.3. The fourth-order valence-corrected chi connectivity index (χ4v) is 4.79. The first-order valence-corrected chi connectivity index (χ1v) is 12.8. The van der Waals surface area contributed by atoms with Crippen molar-refractivity contribution in [2.24, 2.45) is 5.92 Å². The van der Waals surface area contributed by atoms with Gasteiger partial charge >= 0.3 is 6.09 Å². The molecule has 0 atom stereocenters. The van der Waals surface area contributed by atoms with Crippen molar-refractivity contribution in [3.05, 3.63) is 18.3 Å². The monoisotopic (exact) mass is 452 g/mol. The van der Waals surface area contributed by atoms with Gasteiger partial charge in [-0.1, -0.05) is 0 Å². The molecule has 0 bridgehead atoms. The SMILES string of the molecule is CC1(OC(=O)N2CCC(COc3ccc(N4CCN(S(C)(=O)=O)CC4)cn3)CC2)CC1. The number of sulfonamides is 1. The summed E-state index contributed by atoms with van der Waals surface area (Å²) in [6.45, 7) is 6.25. The smallest absolute Gasteiger partial charge is 0.410 e. The lowest BCUT2D eigenvalue weighted by Gasteiger charge is -2.34. The molecule has 9 nitrogen and oxygen atoms in total. The van der Waals surface area contributed by atoms with Crippen LogP contribution in [-0.2, 0) is 14.8 Å². The molecular formula is C21H32N4O5S. The number of anilines is 1. The summed E-state index contributed by atoms with van der Waals surface area (Å²) in [6.07, 6.45) is 6.57. The molecule has 1 aromatic rings. The molecule has 4 rings (SSSR count). The minimum Gasteiger partial charge on any atom is -0.477 e. The van der Waals surface area contributed by atoms with Gasteiger partial charge in [-0.15, -0.1) is 0 Å². The lowest BCUT2D eigenvalue weighted by atomic mass is 9.98. The van der Waals surface area contributed by atoms with Gasteiger partial charge in [0, 0.05) is 45.3 Å². The Labute approximate surface area is 184 Å². The number of piperidine rings is 1. The zero-order chi connectivity index (χ0) is 22.1. The summed E-state index contributed by atoms with van der Waals surface area (Å²) >= 11 is 0. The van der Waals surface area contributed by atoms with Crippen LogP contribution in [0.2, 0.25) is 0 Å². The number of amides is 1. The Hall–Kier alpha value is -2.07. The van der Waals surface area contributed by atoms with Crippen LogP contribution in [0.5, 0.6) is 5.88 Å². The first kappa shape index (κ1) is 22.1. The molecule has 3 heterocycles. The minimum atomic E-state index is -3.13. The molecule has 172 valence electrons. The van der Waals surface area contributed by atoms with E-state index in [0.717, 1.165) is 31.4 Å². The van der Waals surface area contributed by atoms with E-state index >= 15 is 0 Å². The van der Waals surface area contributed by atoms with Crippen LogP contribution in [-0.4, -0.2) is 86.4 Å². The van der Waals surface area contributed by atoms with E-state index in [2.05, 4.69) is 9.88 Å². The van der Waals surface area contributed by atoms with Crippen LogP contribution in [0.25, 0.3) is 0 Å². The number of hydrogen-bond acceptors (Lipinski definition) is 7. The molecule has 1 aliphatic carbocycles. The first-order chi connectivity index (χ1) is 14.7. The molecule has 1 saturated carbocycles. The molecule has 0 radical (unpaired) electrons. The average Bonchev–Trinajstić information content (AvgIpc) is 3.49. The molecule has 31 heavy (non-hydrogen) atoms. The Morgan fingerprint density at radius 1 is 1.13 bits per heavy atom. The van der Waals surface area contributed by atoms with Crippen molar-refractivity contribution in [1.82, 2.24) is 14.2 Å². The second-order valence-corrected chi connectivity index (χ2v) is 11.0. The molecule has 0 N–H and O–H groups in total. The normalized spacial score (nSPS) is 22.3. The maximum Gasteiger partial charge on any atom is 0.410 e. The van der Waals surface area contributed by atoms with Crippen molar-refractivity contribution in [1.29, 1.82) is 0 Å². The number of likely N-dealkylation sites (tertiary alicyclic amines) is 1. The quantitative estimate of drug-likeness (QED) is 0.651. The van der Waals surface area contributed by atoms with E-state index in [-0.39, 0.29) is 11.7 Å². The van der Waals surface area contributed by atoms with Gasteiger partial charge in [0.25, 0.3) is 0 Å². The second kappa shape index (κ2) is 8.82. The van der Waals surface area contributed by atoms with E-state index in [1.165, 1.54) is 10.6 Å². The van der Waals surface area contributed by atoms with Gasteiger partial charge < -0.3 is 19.3 Å². The van der Waals surface area contributed by atoms with E-state index in [9.17, 15) is 13.2 Å². The summed E-state index contributed by atoms with van der Waals surface area (Å²) < 4.78 is 36.2. The van der Waals surface area contributed by atoms with Crippen LogP contribution in [0.4, 0.5) is 10.5 Å². The van der Waals surface area contributed by atoms with Crippen LogP contribution in [0.1, 0.15) is 32.6 Å². The maximum atomic E-state index is 12.2. The number of hydrogen-bond donors (Lipinski definition) is 0. The standard InChI is InChI=1S/C21H32N4O5S/c1-21(7-8-21)30-20(26)24-9-5-17(6-10-24)16-29-19-4-3-18(15-22-19)23-11-13-25(14-12-23)31(2,27)28/h3-4,15,17H,5-14,16H2,1-2H3. The molecule has 0 spiro atoms. The van der Waals surface area contributed by atoms with Crippen molar-refractivity contribution in [2.45, 2.75) is 38.2 Å². The molecule has 10 heteroatoms. The number of carbonyl (C=O) groups is 1. The highest BCUT2D eigenvalue weighted by Gasteiger charge is 2.43. The van der Waals surface area contributed by atoms with Gasteiger partial charge in [-0.25, -0.2) is 18.2 Å². The fourth-order valence-electron chi connectivity index (χ4n) is 3.96. The van der Waals surface area contributed by atoms with Crippen molar-refractivity contribution in [3.63, 3.8) is 0 Å². The highest BCUT2D eigenvalue weighted by molar-refractivity contribution is 7.88. The van der Waals surface area contributed by atoms with Gasteiger partial charge in [-0.05, 0) is 44.6 Å². The Morgan fingerprint density at radius 2 is 1.81 bits per heavy atom. The van der Waals surface area contributed by atoms with Crippen molar-refractivity contribution < 1.29 is 22.7 Å². The highest BCUT2D eigenvalue weighted by atomic mass is 32.2. The minimum absolute atomic E-state index is 0.186. The lowest BCUT2D eigenvalue weighted by Crippen LogP contribution is -2.48. The van der Waals surface area contributed by atoms with Crippen molar-refractivity contribution in [2.75, 3.05) is 57.0 Å². The average molecular weight is 453 g/mol. The molecule has 0 aromatic carbocycles. The number of carbonyl (C=O) groups excluding carboxylic acids is 1. The summed E-state index contributed by atoms with van der Waals surface area (Å²) in [5.74, 6) is 0.980. The zero-order valence-corrected chi connectivity index (χ0v) is 19.1. The van der Waals surface area contributed by atoms with Gasteiger partial charge in [0.1, 0.15) is 5.60 Å². The predicted octanol–water partition coefficient (Wildman–Crippen LogP) is 1.94. The summed E-state index contributed by atoms with van der Waals surface area (Å²) in [5.41, 5.74) is 0.743. The Kier molecular flexibility index (Phi) is 6.30. The van der Waals surface area contributed by atoms with Crippen LogP contribution in [0, 0.1) is 5.92 Å². The molecular weight excluding hydrogens is 420 g/mol. The first-order valence-electron chi connectivity index (χ1n) is 11.0. The van der Waals surface area contributed by atoms with Crippen LogP contribution >= 0.6 is 0 Å². The van der Waals surface area contributed by atoms with E-state index < -0.39 is 10.0 Å². The number of nitrogens with zero attached hydrogens (tertiary/aromatic N) is 4. The maximum absolute atomic E-state index is 12.2. The van der Waals surface area contributed by atoms with E-state index in [1.807, 2.05) is 19.1 Å². The number of ether oxygens (including phenoxy) is 2. The second-order valence-electron chi connectivity index (χ2n) is 9.06. The summed E-state index contributed by atoms with van der Waals surface area (Å²) in [5, 5.41) is 0. The topological polar surface area (TPSA) is 92.3 Å². The molecule has 1 aromatic heterocycles. The molecule has 0 unspecified atom stereocenters. The summed E-state index contributed by atoms with van der Waals surface area (Å²) in [4.78, 5) is 20.5. The van der Waals surface area contributed by atoms with Crippen molar-refractivity contribution in [3.8, 4) is 5.88 Å². The van der Waals surface area contributed by atoms with Crippen LogP contribution in [0.3, 0.4) is 0 Å². The van der Waals surface area contributed by atoms with Gasteiger partial charge in [0.05, 0.1) is 24.7 Å².